The maximum Gasteiger partial charge on any atom is 0.416 e. The molecule has 4 rings (SSSR count). The third kappa shape index (κ3) is 6.69. The molecule has 0 spiro atoms. The molecule has 0 N–H and O–H groups in total. The van der Waals surface area contributed by atoms with Crippen LogP contribution in [-0.2, 0) is 15.8 Å². The molecule has 0 atom stereocenters. The van der Waals surface area contributed by atoms with Crippen molar-refractivity contribution in [1.29, 1.82) is 0 Å². The zero-order valence-corrected chi connectivity index (χ0v) is 23.3. The van der Waals surface area contributed by atoms with Gasteiger partial charge in [0.25, 0.3) is 11.2 Å². The predicted octanol–water partition coefficient (Wildman–Crippen LogP) is 2.81. The summed E-state index contributed by atoms with van der Waals surface area (Å²) < 4.78 is 39.5. The van der Waals surface area contributed by atoms with Crippen LogP contribution in [0, 0.1) is 15.5 Å². The lowest BCUT2D eigenvalue weighted by Gasteiger charge is -2.37. The van der Waals surface area contributed by atoms with Gasteiger partial charge in [0.15, 0.2) is 5.13 Å². The van der Waals surface area contributed by atoms with E-state index in [1.165, 1.54) is 0 Å². The third-order valence-corrected chi connectivity index (χ3v) is 8.40. The fourth-order valence-electron chi connectivity index (χ4n) is 4.88. The molecule has 0 aliphatic carbocycles. The first-order valence-electron chi connectivity index (χ1n) is 12.8. The van der Waals surface area contributed by atoms with Crippen LogP contribution < -0.4 is 10.5 Å². The molecule has 2 fully saturated rings. The number of non-ortho nitro benzene ring substituents is 1. The number of hydrogen-bond acceptors (Lipinski definition) is 9. The Morgan fingerprint density at radius 2 is 1.50 bits per heavy atom. The van der Waals surface area contributed by atoms with Crippen LogP contribution in [0.25, 0.3) is 10.1 Å². The first-order chi connectivity index (χ1) is 18.6. The molecule has 2 aliphatic heterocycles. The normalized spacial score (nSPS) is 17.4. The van der Waals surface area contributed by atoms with Gasteiger partial charge >= 0.3 is 6.18 Å². The standard InChI is InChI=1S/C25H31F3N6O5S/c1-24(2,14-19(35)31-6-4-30(3)5-7-31)15-20(36)32-8-10-33(11-9-32)23-29-22(37)17-12-16(25(26,27)28)13-18(34(38)39)21(17)40-23/h12-13H,4-11,14-15H2,1-3H3. The number of carbonyl (C=O) groups excluding carboxylic acids is 2. The van der Waals surface area contributed by atoms with Crippen molar-refractivity contribution in [3.63, 3.8) is 0 Å². The Labute approximate surface area is 232 Å². The summed E-state index contributed by atoms with van der Waals surface area (Å²) in [5.74, 6) is -0.0738. The summed E-state index contributed by atoms with van der Waals surface area (Å²) in [5, 5.41) is 11.2. The zero-order chi connectivity index (χ0) is 29.4. The molecule has 2 aromatic rings. The average molecular weight is 585 g/mol. The van der Waals surface area contributed by atoms with E-state index in [4.69, 9.17) is 0 Å². The van der Waals surface area contributed by atoms with Gasteiger partial charge in [-0.2, -0.15) is 18.2 Å². The lowest BCUT2D eigenvalue weighted by molar-refractivity contribution is -0.383. The summed E-state index contributed by atoms with van der Waals surface area (Å²) in [6, 6.07) is 1.01. The highest BCUT2D eigenvalue weighted by atomic mass is 32.1. The van der Waals surface area contributed by atoms with Crippen LogP contribution in [0.3, 0.4) is 0 Å². The van der Waals surface area contributed by atoms with Gasteiger partial charge in [-0.15, -0.1) is 0 Å². The van der Waals surface area contributed by atoms with Gasteiger partial charge in [-0.1, -0.05) is 25.2 Å². The van der Waals surface area contributed by atoms with Crippen LogP contribution in [0.2, 0.25) is 0 Å². The van der Waals surface area contributed by atoms with E-state index in [-0.39, 0.29) is 47.6 Å². The number of nitro groups is 1. The molecule has 40 heavy (non-hydrogen) atoms. The molecule has 218 valence electrons. The summed E-state index contributed by atoms with van der Waals surface area (Å²) in [6.45, 7) is 7.94. The highest BCUT2D eigenvalue weighted by Crippen LogP contribution is 2.38. The molecule has 1 aromatic carbocycles. The van der Waals surface area contributed by atoms with E-state index in [2.05, 4.69) is 9.88 Å². The van der Waals surface area contributed by atoms with Gasteiger partial charge in [0.2, 0.25) is 11.8 Å². The van der Waals surface area contributed by atoms with Crippen LogP contribution in [0.15, 0.2) is 16.9 Å². The SMILES string of the molecule is CN1CCN(C(=O)CC(C)(C)CC(=O)N2CCN(c3nc(=O)c4cc(C(F)(F)F)cc([N+](=O)[O-])c4s3)CC2)CC1. The molecule has 2 amide bonds. The van der Waals surface area contributed by atoms with Gasteiger partial charge in [-0.05, 0) is 18.5 Å². The van der Waals surface area contributed by atoms with Gasteiger partial charge in [0.05, 0.1) is 15.9 Å². The van der Waals surface area contributed by atoms with Crippen LogP contribution in [0.4, 0.5) is 24.0 Å². The number of piperazine rings is 2. The summed E-state index contributed by atoms with van der Waals surface area (Å²) in [7, 11) is 2.01. The molecule has 15 heteroatoms. The molecular formula is C25H31F3N6O5S. The molecular weight excluding hydrogens is 553 g/mol. The van der Waals surface area contributed by atoms with Gasteiger partial charge in [0.1, 0.15) is 4.70 Å². The number of benzene rings is 1. The predicted molar refractivity (Wildman–Crippen MR) is 143 cm³/mol. The highest BCUT2D eigenvalue weighted by Gasteiger charge is 2.35. The minimum atomic E-state index is -4.86. The molecule has 0 unspecified atom stereocenters. The molecule has 0 saturated carbocycles. The number of halogens is 3. The number of amides is 2. The van der Waals surface area contributed by atoms with Crippen molar-refractivity contribution in [3.8, 4) is 0 Å². The van der Waals surface area contributed by atoms with Crippen molar-refractivity contribution in [2.24, 2.45) is 5.41 Å². The van der Waals surface area contributed by atoms with Crippen LogP contribution >= 0.6 is 11.3 Å². The second kappa shape index (κ2) is 11.3. The number of aromatic nitrogens is 1. The van der Waals surface area contributed by atoms with Crippen LogP contribution in [0.1, 0.15) is 32.3 Å². The van der Waals surface area contributed by atoms with E-state index in [9.17, 15) is 37.7 Å². The number of carbonyl (C=O) groups is 2. The second-order valence-electron chi connectivity index (χ2n) is 11.0. The number of nitro benzene ring substituents is 1. The first-order valence-corrected chi connectivity index (χ1v) is 13.7. The van der Waals surface area contributed by atoms with Crippen molar-refractivity contribution in [2.75, 3.05) is 64.3 Å². The maximum absolute atomic E-state index is 13.2. The lowest BCUT2D eigenvalue weighted by atomic mass is 9.84. The number of alkyl halides is 3. The van der Waals surface area contributed by atoms with E-state index in [0.717, 1.165) is 24.4 Å². The summed E-state index contributed by atoms with van der Waals surface area (Å²) in [4.78, 5) is 60.3. The van der Waals surface area contributed by atoms with Gasteiger partial charge in [-0.3, -0.25) is 24.5 Å². The quantitative estimate of drug-likeness (QED) is 0.376. The average Bonchev–Trinajstić information content (AvgIpc) is 2.87. The molecule has 0 radical (unpaired) electrons. The molecule has 3 heterocycles. The Balaban J connectivity index is 1.42. The van der Waals surface area contributed by atoms with Crippen LogP contribution in [0.5, 0.6) is 0 Å². The minimum absolute atomic E-state index is 0.0319. The van der Waals surface area contributed by atoms with Crippen LogP contribution in [-0.4, -0.2) is 95.8 Å². The number of likely N-dealkylation sites (N-methyl/N-ethyl adjacent to an activating group) is 1. The number of hydrogen-bond donors (Lipinski definition) is 0. The van der Waals surface area contributed by atoms with Crippen molar-refractivity contribution >= 4 is 44.1 Å². The van der Waals surface area contributed by atoms with E-state index >= 15 is 0 Å². The Hall–Kier alpha value is -3.33. The maximum atomic E-state index is 13.2. The van der Waals surface area contributed by atoms with Crippen molar-refractivity contribution < 1.29 is 27.7 Å². The van der Waals surface area contributed by atoms with E-state index in [0.29, 0.717) is 38.3 Å². The molecule has 2 saturated heterocycles. The fraction of sp³-hybridized carbons (Fsp3) is 0.600. The van der Waals surface area contributed by atoms with E-state index in [1.807, 2.05) is 25.8 Å². The van der Waals surface area contributed by atoms with Gasteiger partial charge < -0.3 is 19.6 Å². The minimum Gasteiger partial charge on any atom is -0.344 e. The Morgan fingerprint density at radius 3 is 2.00 bits per heavy atom. The van der Waals surface area contributed by atoms with Crippen molar-refractivity contribution in [2.45, 2.75) is 32.9 Å². The second-order valence-corrected chi connectivity index (χ2v) is 12.0. The number of rotatable bonds is 6. The van der Waals surface area contributed by atoms with Crippen molar-refractivity contribution in [3.05, 3.63) is 38.2 Å². The third-order valence-electron chi connectivity index (χ3n) is 7.23. The van der Waals surface area contributed by atoms with E-state index in [1.54, 1.807) is 9.80 Å². The molecule has 0 bridgehead atoms. The first kappa shape index (κ1) is 29.6. The topological polar surface area (TPSA) is 120 Å². The van der Waals surface area contributed by atoms with Gasteiger partial charge in [-0.25, -0.2) is 0 Å². The molecule has 1 aromatic heterocycles. The van der Waals surface area contributed by atoms with Gasteiger partial charge in [0, 0.05) is 71.3 Å². The zero-order valence-electron chi connectivity index (χ0n) is 22.5. The summed E-state index contributed by atoms with van der Waals surface area (Å²) in [5.41, 5.74) is -3.62. The Morgan fingerprint density at radius 1 is 0.975 bits per heavy atom. The lowest BCUT2D eigenvalue weighted by Crippen LogP contribution is -2.50. The number of anilines is 1. The largest absolute Gasteiger partial charge is 0.416 e. The van der Waals surface area contributed by atoms with Crippen molar-refractivity contribution in [1.82, 2.24) is 19.7 Å². The highest BCUT2D eigenvalue weighted by molar-refractivity contribution is 7.22. The summed E-state index contributed by atoms with van der Waals surface area (Å²) >= 11 is 0.779. The smallest absolute Gasteiger partial charge is 0.344 e. The number of fused-ring (bicyclic) bond motifs is 1. The Kier molecular flexibility index (Phi) is 8.36. The summed E-state index contributed by atoms with van der Waals surface area (Å²) in [6.07, 6.45) is -4.42. The number of nitrogens with zero attached hydrogens (tertiary/aromatic N) is 6. The van der Waals surface area contributed by atoms with E-state index < -0.39 is 38.7 Å². The molecule has 2 aliphatic rings. The monoisotopic (exact) mass is 584 g/mol. The molecule has 11 nitrogen and oxygen atoms in total. The Bertz CT molecular complexity index is 1370. The fourth-order valence-corrected chi connectivity index (χ4v) is 6.00.